The first kappa shape index (κ1) is 27.9. The van der Waals surface area contributed by atoms with Gasteiger partial charge in [-0.15, -0.1) is 0 Å². The fraction of sp³-hybridized carbons (Fsp3) is 0.500. The fourth-order valence-corrected chi connectivity index (χ4v) is 6.76. The number of alkyl halides is 1. The largest absolute Gasteiger partial charge is 0.480 e. The number of carboxylic acid groups (broad SMARTS) is 1. The van der Waals surface area contributed by atoms with E-state index < -0.39 is 40.2 Å². The maximum Gasteiger partial charge on any atom is 0.323 e. The number of fused-ring (bicyclic) bond motifs is 1. The van der Waals surface area contributed by atoms with E-state index >= 15 is 4.39 Å². The Morgan fingerprint density at radius 2 is 1.89 bits per heavy atom. The first-order chi connectivity index (χ1) is 17.9. The number of pyridine rings is 1. The summed E-state index contributed by atoms with van der Waals surface area (Å²) in [5, 5.41) is 15.1. The van der Waals surface area contributed by atoms with E-state index in [1.165, 1.54) is 5.56 Å². The summed E-state index contributed by atoms with van der Waals surface area (Å²) in [6.07, 6.45) is 2.68. The second-order valence-electron chi connectivity index (χ2n) is 10.2. The molecular formula is C26H34FN5O5S. The monoisotopic (exact) mass is 547 g/mol. The van der Waals surface area contributed by atoms with Crippen LogP contribution in [0.15, 0.2) is 29.2 Å². The number of amides is 1. The highest BCUT2D eigenvalue weighted by molar-refractivity contribution is 7.89. The number of hydrogen-bond acceptors (Lipinski definition) is 7. The molecule has 2 aromatic rings. The van der Waals surface area contributed by atoms with Crippen LogP contribution < -0.4 is 15.4 Å². The summed E-state index contributed by atoms with van der Waals surface area (Å²) in [6.45, 7) is 5.65. The number of carbonyl (C=O) groups excluding carboxylic acids is 1. The molecule has 3 heterocycles. The topological polar surface area (TPSA) is 141 Å². The van der Waals surface area contributed by atoms with Gasteiger partial charge < -0.3 is 15.7 Å². The van der Waals surface area contributed by atoms with Crippen LogP contribution in [0.25, 0.3) is 0 Å². The molecule has 38 heavy (non-hydrogen) atoms. The summed E-state index contributed by atoms with van der Waals surface area (Å²) in [7, 11) is -4.20. The van der Waals surface area contributed by atoms with Crippen molar-refractivity contribution >= 4 is 27.7 Å². The van der Waals surface area contributed by atoms with Gasteiger partial charge in [0.05, 0.1) is 4.90 Å². The highest BCUT2D eigenvalue weighted by Gasteiger charge is 2.50. The average Bonchev–Trinajstić information content (AvgIpc) is 2.82. The lowest BCUT2D eigenvalue weighted by Gasteiger charge is -2.43. The second kappa shape index (κ2) is 11.0. The van der Waals surface area contributed by atoms with Gasteiger partial charge in [0.1, 0.15) is 11.9 Å². The molecule has 0 bridgehead atoms. The molecule has 0 aliphatic carbocycles. The van der Waals surface area contributed by atoms with Gasteiger partial charge in [-0.25, -0.2) is 17.8 Å². The molecule has 4 N–H and O–H groups in total. The normalized spacial score (nSPS) is 17.6. The summed E-state index contributed by atoms with van der Waals surface area (Å²) < 4.78 is 43.2. The van der Waals surface area contributed by atoms with Crippen molar-refractivity contribution in [1.29, 1.82) is 0 Å². The maximum atomic E-state index is 15.1. The van der Waals surface area contributed by atoms with Crippen molar-refractivity contribution in [3.63, 3.8) is 0 Å². The molecule has 1 aromatic carbocycles. The van der Waals surface area contributed by atoms with Crippen LogP contribution in [0.4, 0.5) is 10.2 Å². The molecule has 1 fully saturated rings. The first-order valence-corrected chi connectivity index (χ1v) is 14.1. The van der Waals surface area contributed by atoms with Gasteiger partial charge in [-0.1, -0.05) is 23.8 Å². The number of likely N-dealkylation sites (tertiary alicyclic amines) is 1. The molecule has 2 aliphatic rings. The van der Waals surface area contributed by atoms with E-state index in [0.717, 1.165) is 36.5 Å². The van der Waals surface area contributed by atoms with Gasteiger partial charge in [0, 0.05) is 44.8 Å². The molecular weight excluding hydrogens is 513 g/mol. The molecule has 0 spiro atoms. The van der Waals surface area contributed by atoms with Crippen LogP contribution >= 0.6 is 0 Å². The zero-order chi connectivity index (χ0) is 27.7. The van der Waals surface area contributed by atoms with Crippen LogP contribution in [0.5, 0.6) is 0 Å². The number of carboxylic acids is 1. The summed E-state index contributed by atoms with van der Waals surface area (Å²) >= 11 is 0. The number of anilines is 1. The third-order valence-corrected chi connectivity index (χ3v) is 8.70. The number of carbonyl (C=O) groups is 2. The molecule has 0 radical (unpaired) electrons. The molecule has 1 saturated heterocycles. The standard InChI is InChI=1S/C26H34FN5O5S/c1-16-11-17(2)22(18(3)12-16)38(36,37)31-21(24(33)34)13-29-25(35)26(27)14-32(15-26)10-8-20-7-6-19-5-4-9-28-23(19)30-20/h6-7,11-12,21,31H,4-5,8-10,13-15H2,1-3H3,(H,28,30)(H,29,35)(H,33,34). The van der Waals surface area contributed by atoms with Gasteiger partial charge in [-0.05, 0) is 56.4 Å². The molecule has 206 valence electrons. The van der Waals surface area contributed by atoms with Gasteiger partial charge in [0.15, 0.2) is 0 Å². The Kier molecular flexibility index (Phi) is 8.05. The van der Waals surface area contributed by atoms with E-state index in [9.17, 15) is 23.1 Å². The molecule has 10 nitrogen and oxygen atoms in total. The van der Waals surface area contributed by atoms with E-state index in [1.807, 2.05) is 13.0 Å². The number of rotatable bonds is 10. The van der Waals surface area contributed by atoms with Crippen LogP contribution in [0.3, 0.4) is 0 Å². The lowest BCUT2D eigenvalue weighted by molar-refractivity contribution is -0.145. The number of hydrogen-bond donors (Lipinski definition) is 4. The van der Waals surface area contributed by atoms with Crippen LogP contribution in [0, 0.1) is 20.8 Å². The maximum absolute atomic E-state index is 15.1. The molecule has 1 amide bonds. The van der Waals surface area contributed by atoms with Gasteiger partial charge >= 0.3 is 5.97 Å². The summed E-state index contributed by atoms with van der Waals surface area (Å²) in [6, 6.07) is 5.74. The summed E-state index contributed by atoms with van der Waals surface area (Å²) in [5.41, 5.74) is 1.73. The molecule has 4 rings (SSSR count). The highest BCUT2D eigenvalue weighted by atomic mass is 32.2. The highest BCUT2D eigenvalue weighted by Crippen LogP contribution is 2.27. The van der Waals surface area contributed by atoms with Crippen LogP contribution in [-0.4, -0.2) is 79.7 Å². The van der Waals surface area contributed by atoms with Gasteiger partial charge in [0.25, 0.3) is 5.91 Å². The number of sulfonamides is 1. The lowest BCUT2D eigenvalue weighted by atomic mass is 9.94. The predicted octanol–water partition coefficient (Wildman–Crippen LogP) is 1.48. The van der Waals surface area contributed by atoms with E-state index in [0.29, 0.717) is 24.1 Å². The van der Waals surface area contributed by atoms with E-state index in [2.05, 4.69) is 26.4 Å². The Hall–Kier alpha value is -3.09. The van der Waals surface area contributed by atoms with Gasteiger partial charge in [-0.3, -0.25) is 14.5 Å². The van der Waals surface area contributed by atoms with Gasteiger partial charge in [0.2, 0.25) is 15.7 Å². The Bertz CT molecular complexity index is 1320. The van der Waals surface area contributed by atoms with Crippen molar-refractivity contribution in [2.24, 2.45) is 0 Å². The van der Waals surface area contributed by atoms with Crippen molar-refractivity contribution in [2.45, 2.75) is 56.6 Å². The minimum atomic E-state index is -4.20. The van der Waals surface area contributed by atoms with Crippen LogP contribution in [-0.2, 0) is 32.5 Å². The fourth-order valence-electron chi connectivity index (χ4n) is 5.11. The quantitative estimate of drug-likeness (QED) is 0.351. The minimum Gasteiger partial charge on any atom is -0.480 e. The number of aliphatic carboxylic acids is 1. The SMILES string of the molecule is Cc1cc(C)c(S(=O)(=O)NC(CNC(=O)C2(F)CN(CCc3ccc4c(n3)NCCC4)C2)C(=O)O)c(C)c1. The smallest absolute Gasteiger partial charge is 0.323 e. The molecule has 1 atom stereocenters. The predicted molar refractivity (Wildman–Crippen MR) is 140 cm³/mol. The number of nitrogens with one attached hydrogen (secondary N) is 3. The van der Waals surface area contributed by atoms with Crippen molar-refractivity contribution < 1.29 is 27.5 Å². The number of aromatic nitrogens is 1. The number of aryl methyl sites for hydroxylation is 4. The number of nitrogens with zero attached hydrogens (tertiary/aromatic N) is 2. The third kappa shape index (κ3) is 6.13. The van der Waals surface area contributed by atoms with Crippen molar-refractivity contribution in [3.05, 3.63) is 52.2 Å². The molecule has 12 heteroatoms. The Labute approximate surface area is 222 Å². The molecule has 2 aliphatic heterocycles. The minimum absolute atomic E-state index is 0.0125. The molecule has 1 aromatic heterocycles. The zero-order valence-electron chi connectivity index (χ0n) is 21.8. The third-order valence-electron chi connectivity index (χ3n) is 6.93. The molecule has 1 unspecified atom stereocenters. The Balaban J connectivity index is 1.29. The zero-order valence-corrected chi connectivity index (χ0v) is 22.6. The number of halogens is 1. The second-order valence-corrected chi connectivity index (χ2v) is 11.9. The lowest BCUT2D eigenvalue weighted by Crippen LogP contribution is -2.67. The van der Waals surface area contributed by atoms with E-state index in [-0.39, 0.29) is 18.0 Å². The summed E-state index contributed by atoms with van der Waals surface area (Å²) in [4.78, 5) is 30.7. The summed E-state index contributed by atoms with van der Waals surface area (Å²) in [5.74, 6) is -1.54. The Morgan fingerprint density at radius 1 is 1.21 bits per heavy atom. The first-order valence-electron chi connectivity index (χ1n) is 12.6. The van der Waals surface area contributed by atoms with Crippen molar-refractivity contribution in [2.75, 3.05) is 38.0 Å². The number of benzene rings is 1. The van der Waals surface area contributed by atoms with E-state index in [1.54, 1.807) is 30.9 Å². The Morgan fingerprint density at radius 3 is 2.55 bits per heavy atom. The molecule has 0 saturated carbocycles. The van der Waals surface area contributed by atoms with Gasteiger partial charge in [-0.2, -0.15) is 4.72 Å². The van der Waals surface area contributed by atoms with E-state index in [4.69, 9.17) is 0 Å². The van der Waals surface area contributed by atoms with Crippen molar-refractivity contribution in [1.82, 2.24) is 19.9 Å². The van der Waals surface area contributed by atoms with Crippen LogP contribution in [0.2, 0.25) is 0 Å². The van der Waals surface area contributed by atoms with Crippen molar-refractivity contribution in [3.8, 4) is 0 Å². The average molecular weight is 548 g/mol. The van der Waals surface area contributed by atoms with Crippen LogP contribution in [0.1, 0.15) is 34.4 Å².